The van der Waals surface area contributed by atoms with Crippen molar-refractivity contribution in [2.24, 2.45) is 0 Å². The second-order valence-corrected chi connectivity index (χ2v) is 15.7. The number of allylic oxidation sites excluding steroid dienone is 4. The van der Waals surface area contributed by atoms with Gasteiger partial charge >= 0.3 is 11.9 Å². The highest BCUT2D eigenvalue weighted by Gasteiger charge is 2.23. The highest BCUT2D eigenvalue weighted by Crippen LogP contribution is 2.38. The van der Waals surface area contributed by atoms with E-state index in [9.17, 15) is 28.8 Å². The largest absolute Gasteiger partial charge is 0.466 e. The van der Waals surface area contributed by atoms with Crippen LogP contribution in [0.3, 0.4) is 0 Å². The van der Waals surface area contributed by atoms with E-state index in [1.165, 1.54) is 0 Å². The van der Waals surface area contributed by atoms with Gasteiger partial charge in [-0.15, -0.1) is 0 Å². The Hall–Kier alpha value is -6.30. The van der Waals surface area contributed by atoms with Crippen LogP contribution < -0.4 is 0 Å². The summed E-state index contributed by atoms with van der Waals surface area (Å²) in [6, 6.07) is 7.98. The molecule has 12 nitrogen and oxygen atoms in total. The molecule has 0 radical (unpaired) electrons. The molecule has 5 heterocycles. The zero-order valence-corrected chi connectivity index (χ0v) is 36.9. The number of hydrogen-bond acceptors (Lipinski definition) is 10. The number of ether oxygens (including phenoxy) is 2. The van der Waals surface area contributed by atoms with E-state index in [0.717, 1.165) is 72.3 Å². The molecule has 0 aliphatic carbocycles. The first kappa shape index (κ1) is 46.8. The molecule has 0 spiro atoms. The maximum Gasteiger partial charge on any atom is 0.306 e. The molecular weight excluding hydrogens is 785 g/mol. The Kier molecular flexibility index (Phi) is 16.2. The van der Waals surface area contributed by atoms with Gasteiger partial charge in [0, 0.05) is 84.6 Å². The molecule has 5 rings (SSSR count). The molecule has 0 atom stereocenters. The summed E-state index contributed by atoms with van der Waals surface area (Å²) in [6.07, 6.45) is 5.09. The van der Waals surface area contributed by atoms with Crippen LogP contribution in [0.15, 0.2) is 37.4 Å². The van der Waals surface area contributed by atoms with E-state index >= 15 is 0 Å². The molecule has 2 aliphatic rings. The third-order valence-corrected chi connectivity index (χ3v) is 11.5. The van der Waals surface area contributed by atoms with E-state index in [4.69, 9.17) is 19.4 Å². The molecule has 12 heteroatoms. The third-order valence-electron chi connectivity index (χ3n) is 11.5. The monoisotopic (exact) mass is 842 g/mol. The lowest BCUT2D eigenvalue weighted by Gasteiger charge is -2.07. The molecule has 2 N–H and O–H groups in total. The molecule has 326 valence electrons. The van der Waals surface area contributed by atoms with Crippen molar-refractivity contribution in [3.63, 3.8) is 0 Å². The number of fused-ring (bicyclic) bond motifs is 8. The highest BCUT2D eigenvalue weighted by molar-refractivity contribution is 5.98. The van der Waals surface area contributed by atoms with Crippen LogP contribution in [0, 0.1) is 13.8 Å². The summed E-state index contributed by atoms with van der Waals surface area (Å²) in [7, 11) is 0. The number of Topliss-reactive ketones (excluding diaryl/α,β-unsaturated/α-hetero) is 4. The molecule has 3 aromatic rings. The van der Waals surface area contributed by atoms with Crippen molar-refractivity contribution in [3.05, 3.63) is 82.5 Å². The van der Waals surface area contributed by atoms with Gasteiger partial charge in [-0.3, -0.25) is 28.8 Å². The Balaban J connectivity index is 1.54. The fourth-order valence-electron chi connectivity index (χ4n) is 7.84. The van der Waals surface area contributed by atoms with Gasteiger partial charge in [-0.05, 0) is 112 Å². The quantitative estimate of drug-likeness (QED) is 0.0925. The first-order valence-corrected chi connectivity index (χ1v) is 21.5. The highest BCUT2D eigenvalue weighted by atomic mass is 16.5. The maximum atomic E-state index is 13.2. The van der Waals surface area contributed by atoms with Gasteiger partial charge in [0.25, 0.3) is 0 Å². The minimum absolute atomic E-state index is 0.00403. The lowest BCUT2D eigenvalue weighted by Crippen LogP contribution is -2.09. The van der Waals surface area contributed by atoms with Gasteiger partial charge in [0.05, 0.1) is 48.8 Å². The van der Waals surface area contributed by atoms with Crippen LogP contribution in [0.5, 0.6) is 0 Å². The second-order valence-electron chi connectivity index (χ2n) is 15.7. The molecule has 2 aliphatic heterocycles. The normalized spacial score (nSPS) is 12.4. The summed E-state index contributed by atoms with van der Waals surface area (Å²) in [6.45, 7) is 20.2. The van der Waals surface area contributed by atoms with Gasteiger partial charge in [0.1, 0.15) is 23.1 Å². The summed E-state index contributed by atoms with van der Waals surface area (Å²) < 4.78 is 9.84. The van der Waals surface area contributed by atoms with Gasteiger partial charge in [-0.1, -0.05) is 25.3 Å². The third kappa shape index (κ3) is 11.5. The van der Waals surface area contributed by atoms with Crippen molar-refractivity contribution in [3.8, 4) is 0 Å². The molecule has 62 heavy (non-hydrogen) atoms. The molecule has 0 amide bonds. The number of carbonyl (C=O) groups excluding carboxylic acids is 6. The predicted molar refractivity (Wildman–Crippen MR) is 244 cm³/mol. The zero-order chi connectivity index (χ0) is 45.1. The summed E-state index contributed by atoms with van der Waals surface area (Å²) >= 11 is 0. The number of rotatable bonds is 22. The van der Waals surface area contributed by atoms with E-state index < -0.39 is 11.9 Å². The number of aromatic amines is 2. The van der Waals surface area contributed by atoms with Crippen LogP contribution in [-0.2, 0) is 38.2 Å². The van der Waals surface area contributed by atoms with Crippen LogP contribution in [0.1, 0.15) is 150 Å². The van der Waals surface area contributed by atoms with E-state index in [1.807, 2.05) is 58.0 Å². The Labute approximate surface area is 363 Å². The predicted octanol–water partition coefficient (Wildman–Crippen LogP) is 10.2. The molecule has 3 aromatic heterocycles. The van der Waals surface area contributed by atoms with Crippen LogP contribution in [-0.4, -0.2) is 68.2 Å². The molecule has 0 saturated carbocycles. The number of carbonyl (C=O) groups is 6. The fourth-order valence-corrected chi connectivity index (χ4v) is 7.84. The number of aromatic nitrogens is 4. The summed E-state index contributed by atoms with van der Waals surface area (Å²) in [5.41, 5.74) is 13.6. The summed E-state index contributed by atoms with van der Waals surface area (Å²) in [4.78, 5) is 92.3. The van der Waals surface area contributed by atoms with E-state index in [-0.39, 0.29) is 101 Å². The zero-order valence-electron chi connectivity index (χ0n) is 36.9. The number of nitrogens with zero attached hydrogens (tertiary/aromatic N) is 2. The summed E-state index contributed by atoms with van der Waals surface area (Å²) in [5, 5.41) is 0. The van der Waals surface area contributed by atoms with Crippen LogP contribution in [0.25, 0.3) is 56.5 Å². The Morgan fingerprint density at radius 2 is 0.855 bits per heavy atom. The standard InChI is InChI=1S/C50H58N4O8/c1-9-37-29(5)41-25-42-31(7)39(21-17-33(55)13-15-35(57)19-23-49(59)61-11-3)47(53-42)28-48-40(22-18-34(56)14-16-36(58)20-24-50(60)62-12-4)32(8)44(54-48)27-46-38(10-2)30(6)43(52-46)26-45(37)51-41/h9-10,25-28,51-52H,1-2,11-24H2,3-8H3. The second kappa shape index (κ2) is 21.5. The van der Waals surface area contributed by atoms with Crippen molar-refractivity contribution in [2.75, 3.05) is 13.2 Å². The van der Waals surface area contributed by atoms with Gasteiger partial charge in [-0.25, -0.2) is 9.97 Å². The topological polar surface area (TPSA) is 178 Å². The molecule has 0 fully saturated rings. The van der Waals surface area contributed by atoms with Crippen molar-refractivity contribution >= 4 is 91.6 Å². The van der Waals surface area contributed by atoms with Crippen molar-refractivity contribution in [1.82, 2.24) is 19.9 Å². The minimum atomic E-state index is -0.431. The number of hydrogen-bond donors (Lipinski definition) is 2. The number of ketones is 4. The average molecular weight is 843 g/mol. The van der Waals surface area contributed by atoms with Gasteiger partial charge in [0.15, 0.2) is 0 Å². The lowest BCUT2D eigenvalue weighted by atomic mass is 9.95. The van der Waals surface area contributed by atoms with Crippen molar-refractivity contribution in [1.29, 1.82) is 0 Å². The van der Waals surface area contributed by atoms with E-state index in [1.54, 1.807) is 13.8 Å². The molecule has 0 aromatic carbocycles. The molecule has 8 bridgehead atoms. The Morgan fingerprint density at radius 1 is 0.500 bits per heavy atom. The van der Waals surface area contributed by atoms with Gasteiger partial charge < -0.3 is 19.4 Å². The maximum absolute atomic E-state index is 13.2. The van der Waals surface area contributed by atoms with Crippen molar-refractivity contribution < 1.29 is 38.2 Å². The Bertz CT molecular complexity index is 2550. The van der Waals surface area contributed by atoms with Crippen molar-refractivity contribution in [2.45, 2.75) is 119 Å². The van der Waals surface area contributed by atoms with Gasteiger partial charge in [-0.2, -0.15) is 0 Å². The smallest absolute Gasteiger partial charge is 0.306 e. The van der Waals surface area contributed by atoms with E-state index in [2.05, 4.69) is 29.2 Å². The first-order valence-electron chi connectivity index (χ1n) is 21.5. The molecular formula is C50H58N4O8. The number of H-pyrrole nitrogens is 2. The molecule has 0 unspecified atom stereocenters. The first-order chi connectivity index (χ1) is 29.7. The molecule has 0 saturated heterocycles. The number of aryl methyl sites for hydroxylation is 2. The average Bonchev–Trinajstić information content (AvgIpc) is 3.91. The van der Waals surface area contributed by atoms with E-state index in [0.29, 0.717) is 29.9 Å². The lowest BCUT2D eigenvalue weighted by molar-refractivity contribution is -0.144. The van der Waals surface area contributed by atoms with Crippen LogP contribution in [0.4, 0.5) is 0 Å². The Morgan fingerprint density at radius 3 is 1.26 bits per heavy atom. The summed E-state index contributed by atoms with van der Waals surface area (Å²) in [5.74, 6) is -1.33. The van der Waals surface area contributed by atoms with Gasteiger partial charge in [0.2, 0.25) is 0 Å². The van der Waals surface area contributed by atoms with Crippen LogP contribution >= 0.6 is 0 Å². The number of esters is 2. The SMILES string of the molecule is C=Cc1c(C)c2cc3[nH]c(cc4nc(cc5nc(cc1[nH]2)C(C)=C5CCC(=O)CCC(=O)CCC(=O)OCC)C(CCC(=O)CCC(=O)CCC(=O)OCC)=C4C)c(C)c3C=C. The fraction of sp³-hybridized carbons (Fsp3) is 0.400. The number of nitrogens with one attached hydrogen (secondary N) is 2. The van der Waals surface area contributed by atoms with Crippen LogP contribution in [0.2, 0.25) is 0 Å². The minimum Gasteiger partial charge on any atom is -0.466 e.